The summed E-state index contributed by atoms with van der Waals surface area (Å²) in [4.78, 5) is 4.94. The van der Waals surface area contributed by atoms with Crippen LogP contribution < -0.4 is 14.7 Å². The first-order valence-corrected chi connectivity index (χ1v) is 46.4. The summed E-state index contributed by atoms with van der Waals surface area (Å²) in [5.41, 5.74) is 11.6. The number of anilines is 9. The van der Waals surface area contributed by atoms with Crippen LogP contribution in [0.3, 0.4) is 0 Å². The van der Waals surface area contributed by atoms with Crippen LogP contribution in [-0.2, 0) is 0 Å². The molecule has 0 bridgehead atoms. The average molecular weight is 1870 g/mol. The van der Waals surface area contributed by atoms with E-state index >= 15 is 0 Å². The molecule has 0 N–H and O–H groups in total. The number of benzene rings is 25. The minimum Gasteiger partial charge on any atom is -0.455 e. The molecule has 0 unspecified atom stereocenters. The summed E-state index contributed by atoms with van der Waals surface area (Å²) in [6, 6.07) is 90.6. The Morgan fingerprint density at radius 2 is 0.507 bits per heavy atom. The third kappa shape index (κ3) is 15.8. The Morgan fingerprint density at radius 3 is 1.10 bits per heavy atom. The van der Waals surface area contributed by atoms with E-state index in [4.69, 9.17) is 44.8 Å². The van der Waals surface area contributed by atoms with Gasteiger partial charge in [0, 0.05) is 104 Å². The van der Waals surface area contributed by atoms with Gasteiger partial charge in [0.15, 0.2) is 0 Å². The van der Waals surface area contributed by atoms with E-state index in [0.717, 1.165) is 122 Å². The first-order chi connectivity index (χ1) is 85.6. The van der Waals surface area contributed by atoms with E-state index in [1.54, 1.807) is 0 Å². The van der Waals surface area contributed by atoms with E-state index < -0.39 is 264 Å². The van der Waals surface area contributed by atoms with E-state index in [9.17, 15) is 15.1 Å². The highest BCUT2D eigenvalue weighted by Gasteiger charge is 2.26. The van der Waals surface area contributed by atoms with Crippen LogP contribution in [0.15, 0.2) is 564 Å². The molecule has 0 aliphatic heterocycles. The summed E-state index contributed by atoms with van der Waals surface area (Å²) in [5.74, 6) is 0. The van der Waals surface area contributed by atoms with Gasteiger partial charge in [-0.2, -0.15) is 0 Å². The molecule has 0 fully saturated rings. The van der Waals surface area contributed by atoms with Crippen molar-refractivity contribution in [2.45, 2.75) is 0 Å². The summed E-state index contributed by atoms with van der Waals surface area (Å²) in [6.45, 7) is 0. The Labute approximate surface area is 881 Å². The summed E-state index contributed by atoms with van der Waals surface area (Å²) in [6.07, 6.45) is 0. The Morgan fingerprint density at radius 1 is 0.146 bits per heavy atom. The van der Waals surface area contributed by atoms with Gasteiger partial charge in [-0.15, -0.1) is 0 Å². The van der Waals surface area contributed by atoms with E-state index in [1.165, 1.54) is 43.8 Å². The third-order valence-corrected chi connectivity index (χ3v) is 25.9. The molecule has 0 saturated carbocycles. The molecule has 0 aliphatic carbocycles. The van der Waals surface area contributed by atoms with Crippen molar-refractivity contribution >= 4 is 182 Å². The molecule has 3 heterocycles. The Kier molecular flexibility index (Phi) is 14.6. The predicted molar refractivity (Wildman–Crippen MR) is 608 cm³/mol. The minimum absolute atomic E-state index is 0.177. The van der Waals surface area contributed by atoms with E-state index in [1.807, 2.05) is 48.5 Å². The fraction of sp³-hybridized carbons (Fsp3) is 0. The van der Waals surface area contributed by atoms with Crippen molar-refractivity contribution in [3.05, 3.63) is 551 Å². The fourth-order valence-corrected chi connectivity index (χ4v) is 19.1. The van der Waals surface area contributed by atoms with Crippen LogP contribution in [0.1, 0.15) is 46.6 Å². The number of furan rings is 3. The summed E-state index contributed by atoms with van der Waals surface area (Å²) < 4.78 is 319. The van der Waals surface area contributed by atoms with Gasteiger partial charge >= 0.3 is 0 Å². The molecule has 676 valence electrons. The molecule has 0 spiro atoms. The van der Waals surface area contributed by atoms with Crippen LogP contribution >= 0.6 is 0 Å². The Hall–Kier alpha value is -19.1. The molecule has 25 aromatic carbocycles. The lowest BCUT2D eigenvalue weighted by Gasteiger charge is -2.27. The maximum absolute atomic E-state index is 9.59. The monoisotopic (exact) mass is 1870 g/mol. The van der Waals surface area contributed by atoms with Gasteiger partial charge in [0.25, 0.3) is 0 Å². The zero-order chi connectivity index (χ0) is 125. The molecule has 0 saturated heterocycles. The van der Waals surface area contributed by atoms with Gasteiger partial charge in [-0.1, -0.05) is 424 Å². The first kappa shape index (κ1) is 56.7. The van der Waals surface area contributed by atoms with Crippen LogP contribution in [0, 0.1) is 0 Å². The number of hydrogen-bond donors (Lipinski definition) is 0. The highest BCUT2D eigenvalue weighted by Crippen LogP contribution is 2.50. The van der Waals surface area contributed by atoms with Gasteiger partial charge in [-0.3, -0.25) is 0 Å². The fourth-order valence-electron chi connectivity index (χ4n) is 19.1. The number of rotatable bonds is 16. The van der Waals surface area contributed by atoms with Crippen molar-refractivity contribution in [3.63, 3.8) is 0 Å². The van der Waals surface area contributed by atoms with E-state index in [2.05, 4.69) is 307 Å². The number of hydrogen-bond acceptors (Lipinski definition) is 6. The SMILES string of the molecule is [2H]c1c([2H])c([2H])c(-c2c([2H])c([2H])c(N(c3c([2H])c([2H])c(-c4c([2H])c([2H])c5c([2H])c([2H])c([2H])c([2H])c5c4[2H])c([2H])c3[2H])c3c([2H])c([2H])c([2H])c4c3c([2H])c([2H])c3c4oc4c([2H])c([2H])c([2H])c([2H])c43)c([2H])c2[2H])c([2H])c1[2H].[2H]c1c([2H])c([2H])c(-c2ccc(N(c3ccc(-c4cccc5ccccc45)cc3)c3cccc4c3ccc3c5ccccc5oc43)cc2)c([2H])c1[2H].c1ccc(-c2ccc(N(c3ccc(-c4cccc5ccccc45)cc3)c3cccc4c3ccc3c5cccc(-c6ccccc6)c5oc43)cc2)cc1. The van der Waals surface area contributed by atoms with Crippen LogP contribution in [0.5, 0.6) is 0 Å². The third-order valence-electron chi connectivity index (χ3n) is 25.9. The summed E-state index contributed by atoms with van der Waals surface area (Å²) in [7, 11) is 0. The molecule has 6 heteroatoms. The number of fused-ring (bicyclic) bond motifs is 18. The summed E-state index contributed by atoms with van der Waals surface area (Å²) in [5, 5.41) is 9.85. The standard InChI is InChI=1S/C50H33NO.2C44H29NO/c1-3-12-34(13-4-1)35-24-28-39(29-25-35)51(40-30-26-38(27-31-40)42-19-9-17-36-16-7-8-18-41(36)42)48-23-11-22-45-44(48)32-33-47-46-21-10-20-43(49(46)52-50(45)47)37-14-5-2-6-15-37;1-2-10-30(11-3-1)31-20-24-34(25-21-31)45(35-26-22-33(23-27-35)37-16-8-13-32-12-4-5-14-36(32)37)42-18-9-17-40-38(42)28-29-41-39-15-6-7-19-43(39)46-44(40)41;1-2-9-30(10-3-1)32-19-23-36(24-20-32)45(37-25-21-33(22-26-37)35-18-17-31-11-4-5-12-34(31)29-35)42-15-8-14-40-38(42)27-28-41-39-13-6-7-16-43(39)46-44(40)41/h1-33H;2*1-29H/i;1D,2D,3D,10D,11D;1D,2D,3D,4D,5D,6D,7D,8D,9D,10D,11D,12D,13D,14D,15D,16D,17D,18D,19D,20D,21D,22D,23D,24D,25D,26D,27D,28D,29D. The lowest BCUT2D eigenvalue weighted by atomic mass is 9.97. The average Bonchev–Trinajstić information content (AvgIpc) is 1.47. The smallest absolute Gasteiger partial charge is 0.143 e. The first-order valence-electron chi connectivity index (χ1n) is 63.4. The van der Waals surface area contributed by atoms with Crippen molar-refractivity contribution in [1.82, 2.24) is 0 Å². The molecule has 0 atom stereocenters. The highest BCUT2D eigenvalue weighted by atomic mass is 16.3. The van der Waals surface area contributed by atoms with Gasteiger partial charge in [0.2, 0.25) is 0 Å². The zero-order valence-corrected chi connectivity index (χ0v) is 76.0. The molecule has 6 nitrogen and oxygen atoms in total. The lowest BCUT2D eigenvalue weighted by molar-refractivity contribution is 0.672. The number of nitrogens with zero attached hydrogens (tertiary/aromatic N) is 3. The van der Waals surface area contributed by atoms with Gasteiger partial charge in [0.1, 0.15) is 33.5 Å². The van der Waals surface area contributed by atoms with Crippen molar-refractivity contribution in [2.75, 3.05) is 14.7 Å². The van der Waals surface area contributed by atoms with Gasteiger partial charge < -0.3 is 28.0 Å². The molecule has 0 amide bonds. The van der Waals surface area contributed by atoms with Crippen LogP contribution in [0.2, 0.25) is 0 Å². The second-order valence-corrected chi connectivity index (χ2v) is 34.2. The molecule has 28 aromatic rings. The molecule has 28 rings (SSSR count). The lowest BCUT2D eigenvalue weighted by Crippen LogP contribution is -2.10. The Balaban J connectivity index is 0.000000132. The highest BCUT2D eigenvalue weighted by molar-refractivity contribution is 6.22. The predicted octanol–water partition coefficient (Wildman–Crippen LogP) is 39.8. The normalized spacial score (nSPS) is 14.8. The quantitative estimate of drug-likeness (QED) is 0.0961. The topological polar surface area (TPSA) is 49.1 Å². The molecular formula is C138H91N3O3. The summed E-state index contributed by atoms with van der Waals surface area (Å²) >= 11 is 0. The van der Waals surface area contributed by atoms with Crippen molar-refractivity contribution in [2.24, 2.45) is 0 Å². The largest absolute Gasteiger partial charge is 0.455 e. The van der Waals surface area contributed by atoms with Crippen molar-refractivity contribution in [3.8, 4) is 77.9 Å². The van der Waals surface area contributed by atoms with Gasteiger partial charge in [0.05, 0.1) is 63.7 Å². The molecule has 3 aromatic heterocycles. The minimum atomic E-state index is -1.27. The molecular weight excluding hydrogens is 1750 g/mol. The molecule has 0 aliphatic rings. The van der Waals surface area contributed by atoms with Crippen LogP contribution in [0.25, 0.3) is 208 Å². The van der Waals surface area contributed by atoms with Gasteiger partial charge in [-0.25, -0.2) is 0 Å². The van der Waals surface area contributed by atoms with Crippen molar-refractivity contribution in [1.29, 1.82) is 0 Å². The molecule has 0 radical (unpaired) electrons. The zero-order valence-electron chi connectivity index (χ0n) is 110. The van der Waals surface area contributed by atoms with E-state index in [-0.39, 0.29) is 29.7 Å². The maximum Gasteiger partial charge on any atom is 0.143 e. The van der Waals surface area contributed by atoms with Gasteiger partial charge in [-0.05, 0) is 232 Å². The maximum atomic E-state index is 9.59. The van der Waals surface area contributed by atoms with Crippen molar-refractivity contribution < 1.29 is 59.9 Å². The van der Waals surface area contributed by atoms with E-state index in [0.29, 0.717) is 10.5 Å². The Bertz CT molecular complexity index is 11800. The van der Waals surface area contributed by atoms with Crippen LogP contribution in [-0.4, -0.2) is 0 Å². The number of para-hydroxylation sites is 3. The second kappa shape index (κ2) is 37.0. The second-order valence-electron chi connectivity index (χ2n) is 34.2. The molecule has 144 heavy (non-hydrogen) atoms. The van der Waals surface area contributed by atoms with Crippen LogP contribution in [0.4, 0.5) is 51.2 Å².